The molecule has 0 aromatic carbocycles. The van der Waals surface area contributed by atoms with Gasteiger partial charge in [0, 0.05) is 19.1 Å². The van der Waals surface area contributed by atoms with Crippen LogP contribution >= 0.6 is 11.3 Å². The predicted octanol–water partition coefficient (Wildman–Crippen LogP) is 1.01. The van der Waals surface area contributed by atoms with Crippen molar-refractivity contribution in [3.05, 3.63) is 5.01 Å². The molecule has 0 saturated carbocycles. The number of carbonyl (C=O) groups excluding carboxylic acids is 1. The van der Waals surface area contributed by atoms with Gasteiger partial charge in [0.25, 0.3) is 0 Å². The van der Waals surface area contributed by atoms with Crippen molar-refractivity contribution in [2.45, 2.75) is 26.2 Å². The van der Waals surface area contributed by atoms with E-state index in [1.54, 1.807) is 7.11 Å². The van der Waals surface area contributed by atoms with Gasteiger partial charge in [-0.25, -0.2) is 0 Å². The number of amides is 1. The number of anilines is 1. The lowest BCUT2D eigenvalue weighted by Gasteiger charge is -2.12. The second kappa shape index (κ2) is 6.77. The van der Waals surface area contributed by atoms with Gasteiger partial charge in [-0.2, -0.15) is 0 Å². The molecule has 1 rings (SSSR count). The molecule has 0 bridgehead atoms. The van der Waals surface area contributed by atoms with Crippen LogP contribution in [0, 0.1) is 0 Å². The van der Waals surface area contributed by atoms with E-state index in [2.05, 4.69) is 41.6 Å². The lowest BCUT2D eigenvalue weighted by molar-refractivity contribution is -0.115. The molecular formula is C11H20N4O2S. The maximum Gasteiger partial charge on any atom is 0.240 e. The summed E-state index contributed by atoms with van der Waals surface area (Å²) in [7, 11) is 1.62. The van der Waals surface area contributed by atoms with Gasteiger partial charge in [0.15, 0.2) is 0 Å². The summed E-state index contributed by atoms with van der Waals surface area (Å²) in [6, 6.07) is 0. The maximum atomic E-state index is 11.6. The summed E-state index contributed by atoms with van der Waals surface area (Å²) < 4.78 is 4.87. The van der Waals surface area contributed by atoms with Crippen molar-refractivity contribution in [2.75, 3.05) is 32.1 Å². The van der Waals surface area contributed by atoms with Crippen LogP contribution in [0.2, 0.25) is 0 Å². The number of aromatic nitrogens is 2. The average molecular weight is 272 g/mol. The quantitative estimate of drug-likeness (QED) is 0.756. The van der Waals surface area contributed by atoms with E-state index in [9.17, 15) is 4.79 Å². The Morgan fingerprint density at radius 1 is 1.39 bits per heavy atom. The number of ether oxygens (including phenoxy) is 1. The molecular weight excluding hydrogens is 252 g/mol. The van der Waals surface area contributed by atoms with E-state index < -0.39 is 0 Å². The minimum Gasteiger partial charge on any atom is -0.383 e. The molecule has 102 valence electrons. The molecule has 0 atom stereocenters. The van der Waals surface area contributed by atoms with Crippen molar-refractivity contribution in [1.82, 2.24) is 15.5 Å². The number of rotatable bonds is 6. The van der Waals surface area contributed by atoms with Crippen molar-refractivity contribution in [3.8, 4) is 0 Å². The number of nitrogens with zero attached hydrogens (tertiary/aromatic N) is 2. The largest absolute Gasteiger partial charge is 0.383 e. The third kappa shape index (κ3) is 5.07. The van der Waals surface area contributed by atoms with Gasteiger partial charge in [-0.05, 0) is 0 Å². The average Bonchev–Trinajstić information content (AvgIpc) is 2.72. The lowest BCUT2D eigenvalue weighted by atomic mass is 9.98. The first-order valence-corrected chi connectivity index (χ1v) is 6.58. The normalized spacial score (nSPS) is 11.6. The van der Waals surface area contributed by atoms with Crippen LogP contribution in [0.3, 0.4) is 0 Å². The monoisotopic (exact) mass is 272 g/mol. The fourth-order valence-corrected chi connectivity index (χ4v) is 1.93. The van der Waals surface area contributed by atoms with Gasteiger partial charge in [-0.15, -0.1) is 10.2 Å². The molecule has 1 heterocycles. The first-order valence-electron chi connectivity index (χ1n) is 5.77. The Labute approximate surface area is 111 Å². The van der Waals surface area contributed by atoms with Crippen LogP contribution in [-0.4, -0.2) is 42.9 Å². The predicted molar refractivity (Wildman–Crippen MR) is 72.0 cm³/mol. The zero-order chi connectivity index (χ0) is 13.6. The van der Waals surface area contributed by atoms with Gasteiger partial charge in [-0.1, -0.05) is 32.1 Å². The van der Waals surface area contributed by atoms with E-state index in [4.69, 9.17) is 4.74 Å². The molecule has 0 aliphatic heterocycles. The summed E-state index contributed by atoms with van der Waals surface area (Å²) in [5.74, 6) is -0.122. The van der Waals surface area contributed by atoms with Crippen LogP contribution in [0.5, 0.6) is 0 Å². The molecule has 0 saturated heterocycles. The lowest BCUT2D eigenvalue weighted by Crippen LogP contribution is -2.30. The van der Waals surface area contributed by atoms with E-state index in [-0.39, 0.29) is 17.9 Å². The summed E-state index contributed by atoms with van der Waals surface area (Å²) >= 11 is 1.41. The Kier molecular flexibility index (Phi) is 5.64. The Bertz CT molecular complexity index is 387. The first-order chi connectivity index (χ1) is 8.43. The van der Waals surface area contributed by atoms with E-state index in [0.717, 1.165) is 5.01 Å². The summed E-state index contributed by atoms with van der Waals surface area (Å²) in [4.78, 5) is 11.6. The van der Waals surface area contributed by atoms with Crippen molar-refractivity contribution in [3.63, 3.8) is 0 Å². The molecule has 0 unspecified atom stereocenters. The molecule has 1 aromatic heterocycles. The van der Waals surface area contributed by atoms with Crippen LogP contribution in [0.15, 0.2) is 0 Å². The zero-order valence-corrected chi connectivity index (χ0v) is 12.1. The van der Waals surface area contributed by atoms with Crippen molar-refractivity contribution >= 4 is 22.4 Å². The van der Waals surface area contributed by atoms with E-state index >= 15 is 0 Å². The molecule has 0 radical (unpaired) electrons. The summed E-state index contributed by atoms with van der Waals surface area (Å²) in [6.07, 6.45) is 0. The van der Waals surface area contributed by atoms with Crippen LogP contribution < -0.4 is 10.6 Å². The summed E-state index contributed by atoms with van der Waals surface area (Å²) in [5, 5.41) is 15.1. The Balaban J connectivity index is 2.38. The Morgan fingerprint density at radius 2 is 2.11 bits per heavy atom. The van der Waals surface area contributed by atoms with Crippen molar-refractivity contribution < 1.29 is 9.53 Å². The summed E-state index contributed by atoms with van der Waals surface area (Å²) in [6.45, 7) is 7.66. The SMILES string of the molecule is COCCNCC(=O)Nc1nnc(C(C)(C)C)s1. The number of hydrogen-bond donors (Lipinski definition) is 2. The van der Waals surface area contributed by atoms with E-state index in [1.807, 2.05) is 0 Å². The van der Waals surface area contributed by atoms with E-state index in [0.29, 0.717) is 18.3 Å². The summed E-state index contributed by atoms with van der Waals surface area (Å²) in [5.41, 5.74) is -0.0443. The fourth-order valence-electron chi connectivity index (χ4n) is 1.12. The molecule has 0 aliphatic carbocycles. The third-order valence-electron chi connectivity index (χ3n) is 2.08. The highest BCUT2D eigenvalue weighted by Crippen LogP contribution is 2.27. The Morgan fingerprint density at radius 3 is 2.67 bits per heavy atom. The van der Waals surface area contributed by atoms with Gasteiger partial charge >= 0.3 is 0 Å². The molecule has 6 nitrogen and oxygen atoms in total. The molecule has 18 heavy (non-hydrogen) atoms. The molecule has 1 aromatic rings. The zero-order valence-electron chi connectivity index (χ0n) is 11.2. The first kappa shape index (κ1) is 15.0. The highest BCUT2D eigenvalue weighted by molar-refractivity contribution is 7.15. The molecule has 7 heteroatoms. The highest BCUT2D eigenvalue weighted by Gasteiger charge is 2.19. The van der Waals surface area contributed by atoms with Crippen molar-refractivity contribution in [2.24, 2.45) is 0 Å². The van der Waals surface area contributed by atoms with Gasteiger partial charge in [-0.3, -0.25) is 10.1 Å². The van der Waals surface area contributed by atoms with Crippen LogP contribution in [-0.2, 0) is 14.9 Å². The smallest absolute Gasteiger partial charge is 0.240 e. The maximum absolute atomic E-state index is 11.6. The van der Waals surface area contributed by atoms with Crippen molar-refractivity contribution in [1.29, 1.82) is 0 Å². The number of carbonyl (C=O) groups is 1. The van der Waals surface area contributed by atoms with Crippen LogP contribution in [0.1, 0.15) is 25.8 Å². The second-order valence-electron chi connectivity index (χ2n) is 4.88. The molecule has 0 spiro atoms. The van der Waals surface area contributed by atoms with Gasteiger partial charge in [0.2, 0.25) is 11.0 Å². The van der Waals surface area contributed by atoms with Gasteiger partial charge in [0.1, 0.15) is 5.01 Å². The standard InChI is InChI=1S/C11H20N4O2S/c1-11(2,3)9-14-15-10(18-9)13-8(16)7-12-5-6-17-4/h12H,5-7H2,1-4H3,(H,13,15,16). The third-order valence-corrected chi connectivity index (χ3v) is 3.35. The molecule has 0 aliphatic rings. The minimum atomic E-state index is -0.122. The topological polar surface area (TPSA) is 76.1 Å². The minimum absolute atomic E-state index is 0.0443. The fraction of sp³-hybridized carbons (Fsp3) is 0.727. The number of nitrogens with one attached hydrogen (secondary N) is 2. The number of methoxy groups -OCH3 is 1. The van der Waals surface area contributed by atoms with Gasteiger partial charge < -0.3 is 10.1 Å². The van der Waals surface area contributed by atoms with Crippen LogP contribution in [0.25, 0.3) is 0 Å². The highest BCUT2D eigenvalue weighted by atomic mass is 32.1. The number of hydrogen-bond acceptors (Lipinski definition) is 6. The molecule has 1 amide bonds. The molecule has 0 fully saturated rings. The second-order valence-corrected chi connectivity index (χ2v) is 5.86. The van der Waals surface area contributed by atoms with E-state index in [1.165, 1.54) is 11.3 Å². The Hall–Kier alpha value is -1.05. The molecule has 2 N–H and O–H groups in total. The van der Waals surface area contributed by atoms with Gasteiger partial charge in [0.05, 0.1) is 13.2 Å². The van der Waals surface area contributed by atoms with Crippen LogP contribution in [0.4, 0.5) is 5.13 Å².